The van der Waals surface area contributed by atoms with Crippen molar-refractivity contribution in [3.05, 3.63) is 0 Å². The van der Waals surface area contributed by atoms with Gasteiger partial charge in [-0.05, 0) is 13.0 Å². The second-order valence-electron chi connectivity index (χ2n) is 9.28. The van der Waals surface area contributed by atoms with E-state index >= 15 is 0 Å². The average molecular weight is 549 g/mol. The van der Waals surface area contributed by atoms with Crippen LogP contribution in [0.1, 0.15) is 45.4 Å². The molecule has 0 saturated heterocycles. The summed E-state index contributed by atoms with van der Waals surface area (Å²) >= 11 is 0. The molecule has 0 atom stereocenters. The molecule has 0 unspecified atom stereocenters. The minimum Gasteiger partial charge on any atom is -0.480 e. The molecular formula is C24H44N4O10. The molecule has 14 nitrogen and oxygen atoms in total. The predicted octanol–water partition coefficient (Wildman–Crippen LogP) is -0.0221. The highest BCUT2D eigenvalue weighted by atomic mass is 16.4. The summed E-state index contributed by atoms with van der Waals surface area (Å²) in [4.78, 5) is 62.0. The zero-order valence-electron chi connectivity index (χ0n) is 22.3. The monoisotopic (exact) mass is 548 g/mol. The summed E-state index contributed by atoms with van der Waals surface area (Å²) in [6, 6.07) is 0. The number of rotatable bonds is 26. The smallest absolute Gasteiger partial charge is 0.317 e. The number of nitrogens with zero attached hydrogens (tertiary/aromatic N) is 4. The van der Waals surface area contributed by atoms with Crippen molar-refractivity contribution in [1.29, 1.82) is 0 Å². The molecule has 0 amide bonds. The molecular weight excluding hydrogens is 504 g/mol. The van der Waals surface area contributed by atoms with Crippen LogP contribution in [0.25, 0.3) is 0 Å². The van der Waals surface area contributed by atoms with Gasteiger partial charge in [-0.3, -0.25) is 43.6 Å². The molecule has 0 bridgehead atoms. The van der Waals surface area contributed by atoms with Crippen molar-refractivity contribution in [2.24, 2.45) is 0 Å². The zero-order chi connectivity index (χ0) is 28.9. The Balaban J connectivity index is 5.04. The number of carboxylic acids is 5. The summed E-state index contributed by atoms with van der Waals surface area (Å²) in [5.74, 6) is -5.61. The lowest BCUT2D eigenvalue weighted by atomic mass is 10.1. The zero-order valence-corrected chi connectivity index (χ0v) is 22.3. The van der Waals surface area contributed by atoms with Gasteiger partial charge in [0.15, 0.2) is 0 Å². The van der Waals surface area contributed by atoms with E-state index in [9.17, 15) is 39.3 Å². The van der Waals surface area contributed by atoms with Crippen molar-refractivity contribution in [2.45, 2.75) is 45.4 Å². The van der Waals surface area contributed by atoms with E-state index in [1.165, 1.54) is 16.2 Å². The van der Waals surface area contributed by atoms with Crippen molar-refractivity contribution in [1.82, 2.24) is 19.6 Å². The van der Waals surface area contributed by atoms with Gasteiger partial charge >= 0.3 is 29.8 Å². The molecule has 0 spiro atoms. The van der Waals surface area contributed by atoms with Gasteiger partial charge in [-0.15, -0.1) is 0 Å². The third kappa shape index (κ3) is 21.3. The SMILES string of the molecule is CCCCCCCCN(CCN(CCN(CCN(CC(=O)O)CC(=O)O)CC(=O)O)CC(=O)O)CC(=O)O. The Hall–Kier alpha value is -2.81. The lowest BCUT2D eigenvalue weighted by Gasteiger charge is -2.29. The molecule has 0 radical (unpaired) electrons. The molecule has 0 aliphatic carbocycles. The molecule has 0 fully saturated rings. The lowest BCUT2D eigenvalue weighted by Crippen LogP contribution is -2.46. The summed E-state index contributed by atoms with van der Waals surface area (Å²) in [5, 5.41) is 45.8. The first-order valence-corrected chi connectivity index (χ1v) is 12.9. The van der Waals surface area contributed by atoms with Crippen molar-refractivity contribution >= 4 is 29.8 Å². The minimum absolute atomic E-state index is 0.00451. The van der Waals surface area contributed by atoms with Crippen LogP contribution in [0.5, 0.6) is 0 Å². The first kappa shape index (κ1) is 35.2. The summed E-state index contributed by atoms with van der Waals surface area (Å²) in [5.41, 5.74) is 0. The molecule has 5 N–H and O–H groups in total. The van der Waals surface area contributed by atoms with Gasteiger partial charge in [-0.2, -0.15) is 0 Å². The maximum atomic E-state index is 11.4. The number of carbonyl (C=O) groups is 5. The molecule has 0 saturated carbocycles. The summed E-state index contributed by atoms with van der Waals surface area (Å²) < 4.78 is 0. The van der Waals surface area contributed by atoms with Gasteiger partial charge in [0.25, 0.3) is 0 Å². The molecule has 0 heterocycles. The van der Waals surface area contributed by atoms with Crippen LogP contribution in [0, 0.1) is 0 Å². The second-order valence-corrected chi connectivity index (χ2v) is 9.28. The number of carboxylic acid groups (broad SMARTS) is 5. The fraction of sp³-hybridized carbons (Fsp3) is 0.792. The molecule has 38 heavy (non-hydrogen) atoms. The van der Waals surface area contributed by atoms with E-state index in [1.807, 2.05) is 0 Å². The highest BCUT2D eigenvalue weighted by Crippen LogP contribution is 2.06. The molecule has 0 aliphatic rings. The number of hydrogen-bond acceptors (Lipinski definition) is 9. The molecule has 0 rings (SSSR count). The molecule has 0 aromatic carbocycles. The Kier molecular flexibility index (Phi) is 19.6. The van der Waals surface area contributed by atoms with E-state index < -0.39 is 49.5 Å². The van der Waals surface area contributed by atoms with Gasteiger partial charge < -0.3 is 25.5 Å². The molecule has 0 aromatic rings. The third-order valence-corrected chi connectivity index (χ3v) is 5.82. The van der Waals surface area contributed by atoms with Crippen molar-refractivity contribution in [2.75, 3.05) is 78.5 Å². The fourth-order valence-electron chi connectivity index (χ4n) is 3.94. The van der Waals surface area contributed by atoms with Crippen molar-refractivity contribution in [3.8, 4) is 0 Å². The van der Waals surface area contributed by atoms with E-state index in [2.05, 4.69) is 6.92 Å². The summed E-state index contributed by atoms with van der Waals surface area (Å²) in [6.07, 6.45) is 6.34. The minimum atomic E-state index is -1.21. The van der Waals surface area contributed by atoms with Crippen molar-refractivity contribution in [3.63, 3.8) is 0 Å². The Labute approximate surface area is 223 Å². The topological polar surface area (TPSA) is 199 Å². The highest BCUT2D eigenvalue weighted by molar-refractivity contribution is 5.72. The van der Waals surface area contributed by atoms with E-state index in [0.29, 0.717) is 13.1 Å². The van der Waals surface area contributed by atoms with Gasteiger partial charge in [-0.1, -0.05) is 39.0 Å². The normalized spacial score (nSPS) is 11.5. The van der Waals surface area contributed by atoms with Crippen LogP contribution < -0.4 is 0 Å². The Bertz CT molecular complexity index is 721. The number of hydrogen-bond donors (Lipinski definition) is 5. The average Bonchev–Trinajstić information content (AvgIpc) is 2.78. The summed E-state index contributed by atoms with van der Waals surface area (Å²) in [7, 11) is 0. The predicted molar refractivity (Wildman–Crippen MR) is 137 cm³/mol. The molecule has 14 heteroatoms. The number of unbranched alkanes of at least 4 members (excludes halogenated alkanes) is 5. The van der Waals surface area contributed by atoms with Gasteiger partial charge in [0.1, 0.15) is 0 Å². The maximum absolute atomic E-state index is 11.4. The van der Waals surface area contributed by atoms with Crippen LogP contribution in [0.4, 0.5) is 0 Å². The highest BCUT2D eigenvalue weighted by Gasteiger charge is 2.19. The van der Waals surface area contributed by atoms with Gasteiger partial charge in [0, 0.05) is 39.3 Å². The Morgan fingerprint density at radius 3 is 1.00 bits per heavy atom. The third-order valence-electron chi connectivity index (χ3n) is 5.82. The molecule has 220 valence electrons. The Morgan fingerprint density at radius 1 is 0.395 bits per heavy atom. The van der Waals surface area contributed by atoms with E-state index in [4.69, 9.17) is 10.2 Å². The molecule has 0 aromatic heterocycles. The van der Waals surface area contributed by atoms with Crippen LogP contribution in [-0.2, 0) is 24.0 Å². The number of aliphatic carboxylic acids is 5. The quantitative estimate of drug-likeness (QED) is 0.0903. The fourth-order valence-corrected chi connectivity index (χ4v) is 3.94. The van der Waals surface area contributed by atoms with Gasteiger partial charge in [0.05, 0.1) is 32.7 Å². The van der Waals surface area contributed by atoms with Crippen LogP contribution >= 0.6 is 0 Å². The van der Waals surface area contributed by atoms with Gasteiger partial charge in [0.2, 0.25) is 0 Å². The van der Waals surface area contributed by atoms with Crippen LogP contribution in [0.15, 0.2) is 0 Å². The Morgan fingerprint density at radius 2 is 0.658 bits per heavy atom. The standard InChI is InChI=1S/C24H44N4O10/c1-2-3-4-5-6-7-8-25(15-20(29)30)9-10-26(16-21(31)32)11-12-27(17-22(33)34)13-14-28(18-23(35)36)19-24(37)38/h2-19H2,1H3,(H,29,30)(H,31,32)(H,33,34)(H,35,36)(H,37,38). The van der Waals surface area contributed by atoms with E-state index in [-0.39, 0.29) is 45.8 Å². The van der Waals surface area contributed by atoms with Crippen LogP contribution in [0.2, 0.25) is 0 Å². The lowest BCUT2D eigenvalue weighted by molar-refractivity contribution is -0.143. The maximum Gasteiger partial charge on any atom is 0.317 e. The summed E-state index contributed by atoms with van der Waals surface area (Å²) in [6.45, 7) is 1.78. The first-order valence-electron chi connectivity index (χ1n) is 12.9. The van der Waals surface area contributed by atoms with E-state index in [1.54, 1.807) is 9.80 Å². The largest absolute Gasteiger partial charge is 0.480 e. The van der Waals surface area contributed by atoms with Crippen LogP contribution in [0.3, 0.4) is 0 Å². The molecule has 0 aliphatic heterocycles. The second kappa shape index (κ2) is 21.2. The van der Waals surface area contributed by atoms with Crippen molar-refractivity contribution < 1.29 is 49.5 Å². The van der Waals surface area contributed by atoms with E-state index in [0.717, 1.165) is 32.1 Å². The first-order chi connectivity index (χ1) is 17.9. The van der Waals surface area contributed by atoms with Crippen LogP contribution in [-0.4, -0.2) is 154 Å². The van der Waals surface area contributed by atoms with Gasteiger partial charge in [-0.25, -0.2) is 0 Å².